The first-order valence-corrected chi connectivity index (χ1v) is 8.24. The quantitative estimate of drug-likeness (QED) is 0.394. The zero-order valence-corrected chi connectivity index (χ0v) is 15.2. The van der Waals surface area contributed by atoms with E-state index in [0.29, 0.717) is 40.7 Å². The maximum Gasteiger partial charge on any atom is 0.261 e. The van der Waals surface area contributed by atoms with E-state index in [2.05, 4.69) is 37.2 Å². The number of carbonyl (C=O) groups is 1. The summed E-state index contributed by atoms with van der Waals surface area (Å²) in [4.78, 5) is 11.9. The van der Waals surface area contributed by atoms with Gasteiger partial charge < -0.3 is 15.2 Å². The molecule has 0 spiro atoms. The van der Waals surface area contributed by atoms with Crippen molar-refractivity contribution in [3.8, 4) is 11.8 Å². The fraction of sp³-hybridized carbons (Fsp3) is 0.333. The lowest BCUT2D eigenvalue weighted by atomic mass is 10.1. The van der Waals surface area contributed by atoms with Gasteiger partial charge in [-0.15, -0.1) is 0 Å². The molecule has 0 saturated heterocycles. The molecule has 0 radical (unpaired) electrons. The minimum absolute atomic E-state index is 0.000833. The minimum atomic E-state index is -0.431. The van der Waals surface area contributed by atoms with Crippen LogP contribution >= 0.6 is 31.9 Å². The van der Waals surface area contributed by atoms with Gasteiger partial charge in [-0.3, -0.25) is 4.79 Å². The normalized spacial score (nSPS) is 11.1. The summed E-state index contributed by atoms with van der Waals surface area (Å²) >= 11 is 6.41. The van der Waals surface area contributed by atoms with Crippen molar-refractivity contribution in [3.63, 3.8) is 0 Å². The molecule has 118 valence electrons. The van der Waals surface area contributed by atoms with Crippen molar-refractivity contribution in [2.45, 2.75) is 13.3 Å². The SMILES string of the molecule is CCOCCCNC(=O)/C(C#N)=C/c1cc(Br)c(O)c(Br)c1. The molecule has 0 fully saturated rings. The average Bonchev–Trinajstić information content (AvgIpc) is 2.49. The van der Waals surface area contributed by atoms with Crippen LogP contribution in [0.2, 0.25) is 0 Å². The summed E-state index contributed by atoms with van der Waals surface area (Å²) in [5.74, 6) is -0.365. The molecule has 0 unspecified atom stereocenters. The molecule has 0 aliphatic carbocycles. The maximum atomic E-state index is 11.9. The number of phenols is 1. The molecule has 1 rings (SSSR count). The zero-order valence-electron chi connectivity index (χ0n) is 12.0. The Labute approximate surface area is 146 Å². The smallest absolute Gasteiger partial charge is 0.261 e. The van der Waals surface area contributed by atoms with E-state index < -0.39 is 5.91 Å². The molecule has 0 aliphatic rings. The van der Waals surface area contributed by atoms with Gasteiger partial charge in [0.05, 0.1) is 8.95 Å². The summed E-state index contributed by atoms with van der Waals surface area (Å²) in [5, 5.41) is 21.4. The Morgan fingerprint density at radius 3 is 2.64 bits per heavy atom. The number of halogens is 2. The number of nitriles is 1. The predicted molar refractivity (Wildman–Crippen MR) is 91.2 cm³/mol. The predicted octanol–water partition coefficient (Wildman–Crippen LogP) is 3.37. The van der Waals surface area contributed by atoms with Crippen molar-refractivity contribution in [2.24, 2.45) is 0 Å². The number of benzene rings is 1. The molecule has 0 atom stereocenters. The number of amides is 1. The van der Waals surface area contributed by atoms with Gasteiger partial charge >= 0.3 is 0 Å². The van der Waals surface area contributed by atoms with Crippen LogP contribution in [0.15, 0.2) is 26.7 Å². The van der Waals surface area contributed by atoms with E-state index in [1.165, 1.54) is 6.08 Å². The molecule has 1 aromatic carbocycles. The van der Waals surface area contributed by atoms with E-state index >= 15 is 0 Å². The second-order valence-corrected chi connectivity index (χ2v) is 6.02. The van der Waals surface area contributed by atoms with E-state index in [1.807, 2.05) is 13.0 Å². The fourth-order valence-electron chi connectivity index (χ4n) is 1.60. The molecule has 1 aromatic rings. The van der Waals surface area contributed by atoms with E-state index in [1.54, 1.807) is 12.1 Å². The number of hydrogen-bond donors (Lipinski definition) is 2. The van der Waals surface area contributed by atoms with Gasteiger partial charge in [-0.05, 0) is 69.0 Å². The number of nitrogens with one attached hydrogen (secondary N) is 1. The molecule has 0 saturated carbocycles. The van der Waals surface area contributed by atoms with Gasteiger partial charge in [-0.1, -0.05) is 0 Å². The zero-order chi connectivity index (χ0) is 16.5. The average molecular weight is 432 g/mol. The van der Waals surface area contributed by atoms with Crippen molar-refractivity contribution in [3.05, 3.63) is 32.2 Å². The lowest BCUT2D eigenvalue weighted by Gasteiger charge is -2.05. The number of hydrogen-bond acceptors (Lipinski definition) is 4. The van der Waals surface area contributed by atoms with Gasteiger partial charge in [0.15, 0.2) is 0 Å². The van der Waals surface area contributed by atoms with Crippen LogP contribution in [0.3, 0.4) is 0 Å². The van der Waals surface area contributed by atoms with Crippen LogP contribution in [0.1, 0.15) is 18.9 Å². The van der Waals surface area contributed by atoms with Gasteiger partial charge in [0, 0.05) is 19.8 Å². The highest BCUT2D eigenvalue weighted by Gasteiger charge is 2.10. The maximum absolute atomic E-state index is 11.9. The standard InChI is InChI=1S/C15H16Br2N2O3/c1-2-22-5-3-4-19-15(21)11(9-18)6-10-7-12(16)14(20)13(17)8-10/h6-8,20H,2-5H2,1H3,(H,19,21)/b11-6+. The highest BCUT2D eigenvalue weighted by atomic mass is 79.9. The fourth-order valence-corrected chi connectivity index (χ4v) is 2.82. The van der Waals surface area contributed by atoms with Gasteiger partial charge in [0.25, 0.3) is 5.91 Å². The van der Waals surface area contributed by atoms with Gasteiger partial charge in [-0.2, -0.15) is 5.26 Å². The molecule has 0 bridgehead atoms. The Hall–Kier alpha value is -1.36. The first-order valence-electron chi connectivity index (χ1n) is 6.65. The molecule has 1 amide bonds. The summed E-state index contributed by atoms with van der Waals surface area (Å²) in [6, 6.07) is 5.13. The number of aromatic hydroxyl groups is 1. The lowest BCUT2D eigenvalue weighted by Crippen LogP contribution is -2.26. The third-order valence-electron chi connectivity index (χ3n) is 2.67. The van der Waals surface area contributed by atoms with E-state index in [9.17, 15) is 9.90 Å². The largest absolute Gasteiger partial charge is 0.506 e. The minimum Gasteiger partial charge on any atom is -0.506 e. The number of phenolic OH excluding ortho intramolecular Hbond substituents is 1. The van der Waals surface area contributed by atoms with Crippen molar-refractivity contribution >= 4 is 43.8 Å². The Morgan fingerprint density at radius 2 is 2.09 bits per heavy atom. The topological polar surface area (TPSA) is 82.3 Å². The van der Waals surface area contributed by atoms with Crippen molar-refractivity contribution in [1.82, 2.24) is 5.32 Å². The molecule has 7 heteroatoms. The van der Waals surface area contributed by atoms with E-state index in [4.69, 9.17) is 10.00 Å². The van der Waals surface area contributed by atoms with Crippen LogP contribution in [0, 0.1) is 11.3 Å². The number of nitrogens with zero attached hydrogens (tertiary/aromatic N) is 1. The Balaban J connectivity index is 2.74. The molecule has 5 nitrogen and oxygen atoms in total. The van der Waals surface area contributed by atoms with Crippen LogP contribution in [-0.4, -0.2) is 30.8 Å². The first kappa shape index (κ1) is 18.7. The van der Waals surface area contributed by atoms with Crippen molar-refractivity contribution in [2.75, 3.05) is 19.8 Å². The molecule has 2 N–H and O–H groups in total. The van der Waals surface area contributed by atoms with Crippen molar-refractivity contribution in [1.29, 1.82) is 5.26 Å². The van der Waals surface area contributed by atoms with Crippen LogP contribution in [0.4, 0.5) is 0 Å². The third-order valence-corrected chi connectivity index (χ3v) is 3.88. The van der Waals surface area contributed by atoms with Gasteiger partial charge in [0.2, 0.25) is 0 Å². The molecular weight excluding hydrogens is 416 g/mol. The second kappa shape index (κ2) is 9.62. The van der Waals surface area contributed by atoms with E-state index in [-0.39, 0.29) is 11.3 Å². The molecule has 22 heavy (non-hydrogen) atoms. The Morgan fingerprint density at radius 1 is 1.45 bits per heavy atom. The van der Waals surface area contributed by atoms with Crippen LogP contribution in [0.5, 0.6) is 5.75 Å². The third kappa shape index (κ3) is 5.79. The van der Waals surface area contributed by atoms with E-state index in [0.717, 1.165) is 0 Å². The summed E-state index contributed by atoms with van der Waals surface area (Å²) in [5.41, 5.74) is 0.624. The van der Waals surface area contributed by atoms with Crippen molar-refractivity contribution < 1.29 is 14.6 Å². The van der Waals surface area contributed by atoms with Crippen LogP contribution in [0.25, 0.3) is 6.08 Å². The van der Waals surface area contributed by atoms with Gasteiger partial charge in [0.1, 0.15) is 17.4 Å². The summed E-state index contributed by atoms with van der Waals surface area (Å²) in [7, 11) is 0. The highest BCUT2D eigenvalue weighted by molar-refractivity contribution is 9.11. The number of carbonyl (C=O) groups excluding carboxylic acids is 1. The molecule has 0 aliphatic heterocycles. The lowest BCUT2D eigenvalue weighted by molar-refractivity contribution is -0.117. The Bertz CT molecular complexity index is 586. The Kier molecular flexibility index (Phi) is 8.17. The molecular formula is C15H16Br2N2O3. The van der Waals surface area contributed by atoms with Crippen LogP contribution in [-0.2, 0) is 9.53 Å². The second-order valence-electron chi connectivity index (χ2n) is 4.31. The number of ether oxygens (including phenoxy) is 1. The van der Waals surface area contributed by atoms with Gasteiger partial charge in [-0.25, -0.2) is 0 Å². The summed E-state index contributed by atoms with van der Waals surface area (Å²) in [6.07, 6.45) is 2.15. The first-order chi connectivity index (χ1) is 10.5. The summed E-state index contributed by atoms with van der Waals surface area (Å²) in [6.45, 7) is 3.56. The monoisotopic (exact) mass is 430 g/mol. The highest BCUT2D eigenvalue weighted by Crippen LogP contribution is 2.33. The number of rotatable bonds is 7. The van der Waals surface area contributed by atoms with Crippen LogP contribution < -0.4 is 5.32 Å². The molecule has 0 heterocycles. The summed E-state index contributed by atoms with van der Waals surface area (Å²) < 4.78 is 6.12. The molecule has 0 aromatic heterocycles.